The number of amides is 1. The van der Waals surface area contributed by atoms with Gasteiger partial charge in [0.15, 0.2) is 12.4 Å². The Morgan fingerprint density at radius 1 is 1.16 bits per heavy atom. The highest BCUT2D eigenvalue weighted by atomic mass is 35.5. The number of hydrogen-bond donors (Lipinski definition) is 1. The van der Waals surface area contributed by atoms with Crippen molar-refractivity contribution < 1.29 is 14.1 Å². The van der Waals surface area contributed by atoms with E-state index in [-0.39, 0.29) is 6.61 Å². The van der Waals surface area contributed by atoms with E-state index in [0.29, 0.717) is 22.2 Å². The molecule has 0 unspecified atom stereocenters. The van der Waals surface area contributed by atoms with Crippen LogP contribution in [0.25, 0.3) is 22.2 Å². The van der Waals surface area contributed by atoms with Gasteiger partial charge in [0.05, 0.1) is 23.5 Å². The third-order valence-electron chi connectivity index (χ3n) is 4.54. The summed E-state index contributed by atoms with van der Waals surface area (Å²) in [6.07, 6.45) is 3.01. The second-order valence-corrected chi connectivity index (χ2v) is 7.38. The molecule has 2 aromatic heterocycles. The van der Waals surface area contributed by atoms with E-state index in [9.17, 15) is 4.79 Å². The molecule has 0 saturated carbocycles. The summed E-state index contributed by atoms with van der Waals surface area (Å²) >= 11 is 6.22. The zero-order valence-corrected chi connectivity index (χ0v) is 17.7. The fraction of sp³-hybridized carbons (Fsp3) is 0.130. The molecule has 0 fully saturated rings. The molecular weight excluding hydrogens is 416 g/mol. The summed E-state index contributed by atoms with van der Waals surface area (Å²) in [7, 11) is 0. The molecule has 0 saturated heterocycles. The molecule has 0 bridgehead atoms. The summed E-state index contributed by atoms with van der Waals surface area (Å²) in [4.78, 5) is 16.5. The lowest BCUT2D eigenvalue weighted by atomic mass is 10.1. The van der Waals surface area contributed by atoms with Crippen LogP contribution in [0, 0.1) is 13.8 Å². The van der Waals surface area contributed by atoms with Crippen molar-refractivity contribution in [1.82, 2.24) is 15.6 Å². The minimum atomic E-state index is -0.416. The molecule has 0 radical (unpaired) electrons. The average molecular weight is 435 g/mol. The predicted octanol–water partition coefficient (Wildman–Crippen LogP) is 4.69. The first-order valence-electron chi connectivity index (χ1n) is 9.53. The maximum atomic E-state index is 12.2. The van der Waals surface area contributed by atoms with Crippen LogP contribution in [0.2, 0.25) is 5.15 Å². The van der Waals surface area contributed by atoms with Gasteiger partial charge in [0.25, 0.3) is 5.91 Å². The number of aryl methyl sites for hydroxylation is 2. The Hall–Kier alpha value is -3.71. The van der Waals surface area contributed by atoms with Crippen LogP contribution in [0.15, 0.2) is 64.4 Å². The van der Waals surface area contributed by atoms with E-state index in [4.69, 9.17) is 20.9 Å². The van der Waals surface area contributed by atoms with E-state index in [0.717, 1.165) is 27.6 Å². The van der Waals surface area contributed by atoms with Crippen molar-refractivity contribution in [2.75, 3.05) is 6.61 Å². The molecule has 0 aliphatic rings. The summed E-state index contributed by atoms with van der Waals surface area (Å²) in [5.74, 6) is 0.658. The first-order valence-corrected chi connectivity index (χ1v) is 9.91. The van der Waals surface area contributed by atoms with Crippen molar-refractivity contribution >= 4 is 34.6 Å². The molecule has 4 aromatic rings. The molecule has 0 aliphatic heterocycles. The Kier molecular flexibility index (Phi) is 5.95. The number of carbonyl (C=O) groups excluding carboxylic acids is 1. The van der Waals surface area contributed by atoms with Crippen molar-refractivity contribution in [3.8, 4) is 17.1 Å². The van der Waals surface area contributed by atoms with Crippen molar-refractivity contribution in [3.05, 3.63) is 76.6 Å². The van der Waals surface area contributed by atoms with Gasteiger partial charge < -0.3 is 9.26 Å². The molecule has 2 aromatic carbocycles. The average Bonchev–Trinajstić information content (AvgIpc) is 3.28. The van der Waals surface area contributed by atoms with Gasteiger partial charge in [-0.1, -0.05) is 40.0 Å². The van der Waals surface area contributed by atoms with Crippen LogP contribution < -0.4 is 10.2 Å². The van der Waals surface area contributed by atoms with Crippen molar-refractivity contribution in [3.63, 3.8) is 0 Å². The van der Waals surface area contributed by atoms with Gasteiger partial charge in [0.1, 0.15) is 10.9 Å². The molecule has 4 rings (SSSR count). The van der Waals surface area contributed by atoms with Gasteiger partial charge in [-0.3, -0.25) is 4.79 Å². The summed E-state index contributed by atoms with van der Waals surface area (Å²) in [6.45, 7) is 3.74. The third-order valence-corrected chi connectivity index (χ3v) is 4.84. The van der Waals surface area contributed by atoms with Crippen LogP contribution >= 0.6 is 11.6 Å². The first kappa shape index (κ1) is 20.6. The molecule has 1 N–H and O–H groups in total. The number of nitrogens with one attached hydrogen (secondary N) is 1. The minimum Gasteiger partial charge on any atom is -0.483 e. The molecule has 156 valence electrons. The molecule has 8 heteroatoms. The van der Waals surface area contributed by atoms with E-state index >= 15 is 0 Å². The topological polar surface area (TPSA) is 89.6 Å². The molecule has 31 heavy (non-hydrogen) atoms. The van der Waals surface area contributed by atoms with Crippen LogP contribution in [0.5, 0.6) is 5.75 Å². The predicted molar refractivity (Wildman–Crippen MR) is 119 cm³/mol. The van der Waals surface area contributed by atoms with Gasteiger partial charge in [-0.25, -0.2) is 10.4 Å². The van der Waals surface area contributed by atoms with Gasteiger partial charge in [-0.05, 0) is 44.2 Å². The second-order valence-electron chi connectivity index (χ2n) is 7.02. The van der Waals surface area contributed by atoms with Crippen molar-refractivity contribution in [1.29, 1.82) is 0 Å². The quantitative estimate of drug-likeness (QED) is 0.270. The Morgan fingerprint density at radius 3 is 2.77 bits per heavy atom. The van der Waals surface area contributed by atoms with Crippen LogP contribution in [-0.2, 0) is 4.79 Å². The summed E-state index contributed by atoms with van der Waals surface area (Å²) in [5.41, 5.74) is 6.71. The number of hydrazone groups is 1. The fourth-order valence-electron chi connectivity index (χ4n) is 3.05. The third kappa shape index (κ3) is 4.90. The smallest absolute Gasteiger partial charge is 0.277 e. The first-order chi connectivity index (χ1) is 15.0. The molecule has 7 nitrogen and oxygen atoms in total. The van der Waals surface area contributed by atoms with Gasteiger partial charge in [0, 0.05) is 17.0 Å². The normalized spacial score (nSPS) is 11.2. The number of hydrogen-bond acceptors (Lipinski definition) is 6. The monoisotopic (exact) mass is 434 g/mol. The summed E-state index contributed by atoms with van der Waals surface area (Å²) < 4.78 is 10.9. The van der Waals surface area contributed by atoms with Gasteiger partial charge >= 0.3 is 0 Å². The lowest BCUT2D eigenvalue weighted by molar-refractivity contribution is -0.123. The Balaban J connectivity index is 1.41. The Labute approximate surface area is 183 Å². The molecule has 2 heterocycles. The van der Waals surface area contributed by atoms with E-state index in [1.54, 1.807) is 18.3 Å². The number of halogens is 1. The van der Waals surface area contributed by atoms with Crippen LogP contribution in [0.4, 0.5) is 0 Å². The number of carbonyl (C=O) groups is 1. The number of fused-ring (bicyclic) bond motifs is 1. The molecule has 0 atom stereocenters. The number of rotatable bonds is 6. The lowest BCUT2D eigenvalue weighted by Crippen LogP contribution is -2.24. The molecule has 0 aliphatic carbocycles. The maximum absolute atomic E-state index is 12.2. The highest BCUT2D eigenvalue weighted by Gasteiger charge is 2.12. The van der Waals surface area contributed by atoms with Gasteiger partial charge in [0.2, 0.25) is 0 Å². The number of pyridine rings is 1. The van der Waals surface area contributed by atoms with Gasteiger partial charge in [-0.15, -0.1) is 0 Å². The second kappa shape index (κ2) is 8.97. The van der Waals surface area contributed by atoms with Crippen LogP contribution in [0.1, 0.15) is 16.7 Å². The van der Waals surface area contributed by atoms with E-state index in [1.807, 2.05) is 50.2 Å². The van der Waals surface area contributed by atoms with Crippen LogP contribution in [-0.4, -0.2) is 28.9 Å². The molecule has 0 spiro atoms. The summed E-state index contributed by atoms with van der Waals surface area (Å²) in [5, 5.41) is 8.94. The minimum absolute atomic E-state index is 0.218. The van der Waals surface area contributed by atoms with Crippen molar-refractivity contribution in [2.24, 2.45) is 5.10 Å². The number of benzene rings is 2. The maximum Gasteiger partial charge on any atom is 0.277 e. The number of nitrogens with zero attached hydrogens (tertiary/aromatic N) is 3. The largest absolute Gasteiger partial charge is 0.483 e. The van der Waals surface area contributed by atoms with Gasteiger partial charge in [-0.2, -0.15) is 5.10 Å². The SMILES string of the molecule is Cc1ccc(OCC(=O)N/N=C/c2cc3cc(C)ccc3nc2Cl)c(-c2ccno2)c1. The Bertz CT molecular complexity index is 1270. The standard InChI is InChI=1S/C23H19ClN4O3/c1-14-3-5-19-16(9-14)11-17(23(24)27-19)12-25-28-22(29)13-30-20-6-4-15(2)10-18(20)21-7-8-26-31-21/h3-12H,13H2,1-2H3,(H,28,29)/b25-12+. The van der Waals surface area contributed by atoms with Crippen molar-refractivity contribution in [2.45, 2.75) is 13.8 Å². The zero-order valence-electron chi connectivity index (χ0n) is 16.9. The Morgan fingerprint density at radius 2 is 1.97 bits per heavy atom. The van der Waals surface area contributed by atoms with Crippen LogP contribution in [0.3, 0.4) is 0 Å². The molecule has 1 amide bonds. The zero-order chi connectivity index (χ0) is 21.8. The number of aromatic nitrogens is 2. The fourth-order valence-corrected chi connectivity index (χ4v) is 3.24. The molecular formula is C23H19ClN4O3. The van der Waals surface area contributed by atoms with E-state index in [2.05, 4.69) is 20.7 Å². The van der Waals surface area contributed by atoms with E-state index in [1.165, 1.54) is 6.21 Å². The highest BCUT2D eigenvalue weighted by Crippen LogP contribution is 2.30. The lowest BCUT2D eigenvalue weighted by Gasteiger charge is -2.10. The highest BCUT2D eigenvalue weighted by molar-refractivity contribution is 6.32. The van der Waals surface area contributed by atoms with E-state index < -0.39 is 5.91 Å². The summed E-state index contributed by atoms with van der Waals surface area (Å²) in [6, 6.07) is 15.1. The number of ether oxygens (including phenoxy) is 1.